The quantitative estimate of drug-likeness (QED) is 0.477. The van der Waals surface area contributed by atoms with E-state index in [0.717, 1.165) is 0 Å². The van der Waals surface area contributed by atoms with E-state index < -0.39 is 0 Å². The number of rotatable bonds is 3. The lowest BCUT2D eigenvalue weighted by molar-refractivity contribution is 0.970. The molecule has 0 saturated heterocycles. The van der Waals surface area contributed by atoms with E-state index in [1.165, 1.54) is 0 Å². The Kier molecular flexibility index (Phi) is 5.26. The molecule has 52 valence electrons. The fraction of sp³-hybridized carbons (Fsp3) is 0.800. The fourth-order valence-corrected chi connectivity index (χ4v) is 2.41. The van der Waals surface area contributed by atoms with Gasteiger partial charge in [0.25, 0.3) is 0 Å². The summed E-state index contributed by atoms with van der Waals surface area (Å²) < 4.78 is 0. The van der Waals surface area contributed by atoms with Crippen molar-refractivity contribution in [2.45, 2.75) is 17.5 Å². The molecule has 0 aliphatic carbocycles. The molecule has 0 aromatic rings. The summed E-state index contributed by atoms with van der Waals surface area (Å²) in [7, 11) is -0.308. The lowest BCUT2D eigenvalue weighted by atomic mass is 10.3. The van der Waals surface area contributed by atoms with Gasteiger partial charge in [0, 0.05) is 15.4 Å². The first-order chi connectivity index (χ1) is 4.26. The predicted molar refractivity (Wildman–Crippen MR) is 44.1 cm³/mol. The van der Waals surface area contributed by atoms with E-state index in [0.29, 0.717) is 5.88 Å². The predicted octanol–water partition coefficient (Wildman–Crippen LogP) is 1.36. The van der Waals surface area contributed by atoms with Crippen molar-refractivity contribution in [2.75, 3.05) is 5.88 Å². The summed E-state index contributed by atoms with van der Waals surface area (Å²) in [5.74, 6) is 0.390. The Balaban J connectivity index is 3.68. The van der Waals surface area contributed by atoms with E-state index in [4.69, 9.17) is 28.5 Å². The second-order valence-corrected chi connectivity index (χ2v) is 4.38. The Morgan fingerprint density at radius 3 is 2.44 bits per heavy atom. The Labute approximate surface area is 67.8 Å². The van der Waals surface area contributed by atoms with Gasteiger partial charge in [-0.2, -0.15) is 5.26 Å². The van der Waals surface area contributed by atoms with Crippen LogP contribution in [0.1, 0.15) is 0 Å². The molecule has 0 amide bonds. The number of nitrogens with zero attached hydrogens (tertiary/aromatic N) is 1. The average molecular weight is 182 g/mol. The normalized spacial score (nSPS) is 17.6. The second-order valence-electron chi connectivity index (χ2n) is 1.81. The minimum Gasteiger partial charge on any atom is -0.198 e. The molecule has 4 heteroatoms. The van der Waals surface area contributed by atoms with Gasteiger partial charge >= 0.3 is 0 Å². The maximum absolute atomic E-state index is 8.47. The maximum atomic E-state index is 8.47. The van der Waals surface area contributed by atoms with Crippen molar-refractivity contribution in [3.05, 3.63) is 0 Å². The summed E-state index contributed by atoms with van der Waals surface area (Å²) in [6.07, 6.45) is 0. The first-order valence-corrected chi connectivity index (χ1v) is 6.06. The molecule has 0 fully saturated rings. The minimum absolute atomic E-state index is 0.0455. The van der Waals surface area contributed by atoms with Gasteiger partial charge in [-0.1, -0.05) is 6.55 Å². The highest BCUT2D eigenvalue weighted by Crippen LogP contribution is 2.15. The van der Waals surface area contributed by atoms with Crippen LogP contribution in [0.5, 0.6) is 0 Å². The van der Waals surface area contributed by atoms with Gasteiger partial charge in [0.1, 0.15) is 0 Å². The highest BCUT2D eigenvalue weighted by atomic mass is 35.5. The average Bonchev–Trinajstić information content (AvgIpc) is 1.90. The molecule has 0 aliphatic rings. The summed E-state index contributed by atoms with van der Waals surface area (Å²) in [6, 6.07) is 2.15. The largest absolute Gasteiger partial charge is 0.198 e. The van der Waals surface area contributed by atoms with E-state index in [1.54, 1.807) is 0 Å². The third-order valence-corrected chi connectivity index (χ3v) is 4.07. The number of nitriles is 1. The maximum Gasteiger partial charge on any atom is 0.0632 e. The molecule has 0 spiro atoms. The molecule has 0 N–H and O–H groups in total. The van der Waals surface area contributed by atoms with Crippen LogP contribution in [0.4, 0.5) is 0 Å². The highest BCUT2D eigenvalue weighted by molar-refractivity contribution is 6.41. The monoisotopic (exact) mass is 181 g/mol. The lowest BCUT2D eigenvalue weighted by Crippen LogP contribution is -2.13. The van der Waals surface area contributed by atoms with E-state index in [1.807, 2.05) is 0 Å². The Bertz CT molecular complexity index is 112. The molecule has 0 saturated carbocycles. The van der Waals surface area contributed by atoms with Gasteiger partial charge in [-0.25, -0.2) is 0 Å². The van der Waals surface area contributed by atoms with Crippen LogP contribution >= 0.6 is 23.2 Å². The van der Waals surface area contributed by atoms with Crippen molar-refractivity contribution in [1.82, 2.24) is 0 Å². The lowest BCUT2D eigenvalue weighted by Gasteiger charge is -2.08. The first-order valence-electron chi connectivity index (χ1n) is 2.85. The molecular formula is C5H9Cl2NSi. The molecule has 0 bridgehead atoms. The molecule has 9 heavy (non-hydrogen) atoms. The van der Waals surface area contributed by atoms with Crippen LogP contribution in [-0.4, -0.2) is 20.8 Å². The van der Waals surface area contributed by atoms with E-state index in [-0.39, 0.29) is 20.4 Å². The second kappa shape index (κ2) is 5.10. The molecule has 0 rings (SSSR count). The van der Waals surface area contributed by atoms with Crippen LogP contribution in [0, 0.1) is 11.3 Å². The van der Waals surface area contributed by atoms with Crippen molar-refractivity contribution < 1.29 is 0 Å². The highest BCUT2D eigenvalue weighted by Gasteiger charge is 2.14. The topological polar surface area (TPSA) is 23.8 Å². The zero-order valence-corrected chi connectivity index (χ0v) is 8.20. The molecular weight excluding hydrogens is 173 g/mol. The van der Waals surface area contributed by atoms with E-state index in [9.17, 15) is 0 Å². The Morgan fingerprint density at radius 2 is 2.33 bits per heavy atom. The molecule has 1 nitrogen and oxygen atoms in total. The molecule has 2 unspecified atom stereocenters. The van der Waals surface area contributed by atoms with Gasteiger partial charge in [-0.05, 0) is 0 Å². The van der Waals surface area contributed by atoms with Gasteiger partial charge in [0.2, 0.25) is 0 Å². The number of hydrogen-bond donors (Lipinski definition) is 0. The van der Waals surface area contributed by atoms with Crippen LogP contribution in [0.3, 0.4) is 0 Å². The minimum atomic E-state index is -0.308. The van der Waals surface area contributed by atoms with Crippen molar-refractivity contribution in [3.63, 3.8) is 0 Å². The standard InChI is InChI=1S/C5H9Cl2NSi/c1-9-5(3-8)4(7)2-6/h4-5H,2,9H2,1H3. The van der Waals surface area contributed by atoms with Crippen LogP contribution in [0.2, 0.25) is 12.1 Å². The van der Waals surface area contributed by atoms with Gasteiger partial charge in [-0.3, -0.25) is 0 Å². The van der Waals surface area contributed by atoms with Gasteiger partial charge in [0.15, 0.2) is 0 Å². The molecule has 0 aromatic carbocycles. The molecule has 0 radical (unpaired) electrons. The van der Waals surface area contributed by atoms with Crippen molar-refractivity contribution in [2.24, 2.45) is 0 Å². The SMILES string of the molecule is C[SiH2]C(C#N)C(Cl)CCl. The number of hydrogen-bond acceptors (Lipinski definition) is 1. The zero-order chi connectivity index (χ0) is 7.28. The van der Waals surface area contributed by atoms with Crippen LogP contribution in [0.25, 0.3) is 0 Å². The van der Waals surface area contributed by atoms with E-state index >= 15 is 0 Å². The van der Waals surface area contributed by atoms with Gasteiger partial charge < -0.3 is 0 Å². The van der Waals surface area contributed by atoms with Crippen LogP contribution in [0.15, 0.2) is 0 Å². The third kappa shape index (κ3) is 3.10. The smallest absolute Gasteiger partial charge is 0.0632 e. The molecule has 0 aromatic heterocycles. The van der Waals surface area contributed by atoms with Crippen LogP contribution in [-0.2, 0) is 0 Å². The molecule has 2 atom stereocenters. The Morgan fingerprint density at radius 1 is 1.78 bits per heavy atom. The van der Waals surface area contributed by atoms with Crippen LogP contribution < -0.4 is 0 Å². The number of halogens is 2. The third-order valence-electron chi connectivity index (χ3n) is 1.19. The Hall–Kier alpha value is 0.287. The number of alkyl halides is 2. The summed E-state index contributed by atoms with van der Waals surface area (Å²) in [5, 5.41) is 8.34. The van der Waals surface area contributed by atoms with E-state index in [2.05, 4.69) is 12.6 Å². The van der Waals surface area contributed by atoms with Gasteiger partial charge in [-0.15, -0.1) is 23.2 Å². The van der Waals surface area contributed by atoms with Crippen molar-refractivity contribution in [3.8, 4) is 6.07 Å². The summed E-state index contributed by atoms with van der Waals surface area (Å²) in [6.45, 7) is 2.07. The first kappa shape index (κ1) is 9.29. The molecule has 0 aliphatic heterocycles. The van der Waals surface area contributed by atoms with Crippen molar-refractivity contribution >= 4 is 32.7 Å². The van der Waals surface area contributed by atoms with Gasteiger partial charge in [0.05, 0.1) is 17.0 Å². The fourth-order valence-electron chi connectivity index (χ4n) is 0.535. The zero-order valence-electron chi connectivity index (χ0n) is 5.27. The summed E-state index contributed by atoms with van der Waals surface area (Å²) >= 11 is 11.2. The summed E-state index contributed by atoms with van der Waals surface area (Å²) in [5.41, 5.74) is 0.0455. The summed E-state index contributed by atoms with van der Waals surface area (Å²) in [4.78, 5) is 0. The van der Waals surface area contributed by atoms with Crippen molar-refractivity contribution in [1.29, 1.82) is 5.26 Å². The molecule has 0 heterocycles.